The molecule has 1 rings (SSSR count). The summed E-state index contributed by atoms with van der Waals surface area (Å²) in [5.74, 6) is 0.0861. The van der Waals surface area contributed by atoms with Gasteiger partial charge >= 0.3 is 5.97 Å². The number of aliphatic carboxylic acids is 1. The molecule has 1 aliphatic rings. The summed E-state index contributed by atoms with van der Waals surface area (Å²) in [4.78, 5) is 22.6. The average molecular weight is 285 g/mol. The SMILES string of the molecule is CC(C)C(CCNC(=O)C1CCCOC1)CCC(=O)O. The Hall–Kier alpha value is -1.10. The van der Waals surface area contributed by atoms with Crippen molar-refractivity contribution in [2.45, 2.75) is 46.0 Å². The van der Waals surface area contributed by atoms with Crippen LogP contribution in [0.2, 0.25) is 0 Å². The number of amides is 1. The zero-order valence-corrected chi connectivity index (χ0v) is 12.6. The summed E-state index contributed by atoms with van der Waals surface area (Å²) < 4.78 is 5.31. The van der Waals surface area contributed by atoms with Crippen LogP contribution in [0.4, 0.5) is 0 Å². The van der Waals surface area contributed by atoms with E-state index in [1.54, 1.807) is 0 Å². The molecule has 1 aliphatic heterocycles. The number of nitrogens with one attached hydrogen (secondary N) is 1. The van der Waals surface area contributed by atoms with Gasteiger partial charge < -0.3 is 15.2 Å². The normalized spacial score (nSPS) is 20.6. The second kappa shape index (κ2) is 8.95. The molecule has 0 spiro atoms. The molecular formula is C15H27NO4. The van der Waals surface area contributed by atoms with Crippen LogP contribution in [0, 0.1) is 17.8 Å². The number of carbonyl (C=O) groups is 2. The van der Waals surface area contributed by atoms with Gasteiger partial charge in [-0.15, -0.1) is 0 Å². The van der Waals surface area contributed by atoms with Crippen LogP contribution < -0.4 is 5.32 Å². The van der Waals surface area contributed by atoms with Crippen LogP contribution >= 0.6 is 0 Å². The van der Waals surface area contributed by atoms with Gasteiger partial charge in [0.05, 0.1) is 12.5 Å². The standard InChI is InChI=1S/C15H27NO4/c1-11(2)12(5-6-14(17)18)7-8-16-15(19)13-4-3-9-20-10-13/h11-13H,3-10H2,1-2H3,(H,16,19)(H,17,18). The molecule has 116 valence electrons. The fraction of sp³-hybridized carbons (Fsp3) is 0.867. The van der Waals surface area contributed by atoms with Crippen molar-refractivity contribution < 1.29 is 19.4 Å². The Balaban J connectivity index is 2.25. The van der Waals surface area contributed by atoms with Crippen LogP contribution in [0.1, 0.15) is 46.0 Å². The maximum Gasteiger partial charge on any atom is 0.303 e. The second-order valence-electron chi connectivity index (χ2n) is 5.93. The predicted octanol–water partition coefficient (Wildman–Crippen LogP) is 2.06. The van der Waals surface area contributed by atoms with Gasteiger partial charge in [0.1, 0.15) is 0 Å². The van der Waals surface area contributed by atoms with Gasteiger partial charge in [-0.3, -0.25) is 9.59 Å². The van der Waals surface area contributed by atoms with Crippen molar-refractivity contribution in [1.82, 2.24) is 5.32 Å². The van der Waals surface area contributed by atoms with Gasteiger partial charge in [-0.1, -0.05) is 13.8 Å². The number of carboxylic acids is 1. The summed E-state index contributed by atoms with van der Waals surface area (Å²) in [6, 6.07) is 0. The number of rotatable bonds is 8. The monoisotopic (exact) mass is 285 g/mol. The molecule has 2 atom stereocenters. The molecule has 20 heavy (non-hydrogen) atoms. The van der Waals surface area contributed by atoms with E-state index in [4.69, 9.17) is 9.84 Å². The molecule has 0 aromatic rings. The Bertz CT molecular complexity index is 311. The summed E-state index contributed by atoms with van der Waals surface area (Å²) in [5, 5.41) is 11.7. The number of hydrogen-bond acceptors (Lipinski definition) is 3. The number of ether oxygens (including phenoxy) is 1. The van der Waals surface area contributed by atoms with E-state index in [9.17, 15) is 9.59 Å². The molecule has 0 aromatic heterocycles. The summed E-state index contributed by atoms with van der Waals surface area (Å²) in [7, 11) is 0. The summed E-state index contributed by atoms with van der Waals surface area (Å²) in [6.07, 6.45) is 3.57. The summed E-state index contributed by atoms with van der Waals surface area (Å²) in [6.45, 7) is 6.11. The highest BCUT2D eigenvalue weighted by molar-refractivity contribution is 5.78. The average Bonchev–Trinajstić information content (AvgIpc) is 2.42. The van der Waals surface area contributed by atoms with Crippen LogP contribution in [0.25, 0.3) is 0 Å². The van der Waals surface area contributed by atoms with Gasteiger partial charge in [0.15, 0.2) is 0 Å². The third kappa shape index (κ3) is 6.37. The van der Waals surface area contributed by atoms with E-state index in [0.717, 1.165) is 25.9 Å². The highest BCUT2D eigenvalue weighted by Gasteiger charge is 2.22. The largest absolute Gasteiger partial charge is 0.481 e. The third-order valence-corrected chi connectivity index (χ3v) is 4.02. The van der Waals surface area contributed by atoms with E-state index in [0.29, 0.717) is 31.4 Å². The first-order valence-electron chi connectivity index (χ1n) is 7.58. The lowest BCUT2D eigenvalue weighted by Crippen LogP contribution is -2.36. The van der Waals surface area contributed by atoms with Crippen molar-refractivity contribution >= 4 is 11.9 Å². The van der Waals surface area contributed by atoms with Gasteiger partial charge in [-0.25, -0.2) is 0 Å². The molecule has 0 bridgehead atoms. The Kier molecular flexibility index (Phi) is 7.59. The molecule has 5 nitrogen and oxygen atoms in total. The first kappa shape index (κ1) is 17.0. The summed E-state index contributed by atoms with van der Waals surface area (Å²) >= 11 is 0. The van der Waals surface area contributed by atoms with E-state index in [1.165, 1.54) is 0 Å². The smallest absolute Gasteiger partial charge is 0.303 e. The first-order chi connectivity index (χ1) is 9.50. The molecule has 0 saturated carbocycles. The zero-order valence-electron chi connectivity index (χ0n) is 12.6. The highest BCUT2D eigenvalue weighted by atomic mass is 16.5. The molecule has 1 fully saturated rings. The Labute approximate surface area is 121 Å². The topological polar surface area (TPSA) is 75.6 Å². The van der Waals surface area contributed by atoms with Gasteiger partial charge in [0.25, 0.3) is 0 Å². The van der Waals surface area contributed by atoms with E-state index in [2.05, 4.69) is 19.2 Å². The fourth-order valence-corrected chi connectivity index (χ4v) is 2.59. The van der Waals surface area contributed by atoms with Gasteiger partial charge in [0.2, 0.25) is 5.91 Å². The minimum atomic E-state index is -0.751. The predicted molar refractivity (Wildman–Crippen MR) is 76.4 cm³/mol. The number of carboxylic acid groups (broad SMARTS) is 1. The van der Waals surface area contributed by atoms with Crippen LogP contribution in [0.3, 0.4) is 0 Å². The van der Waals surface area contributed by atoms with E-state index >= 15 is 0 Å². The van der Waals surface area contributed by atoms with E-state index in [1.807, 2.05) is 0 Å². The van der Waals surface area contributed by atoms with E-state index < -0.39 is 5.97 Å². The molecule has 1 saturated heterocycles. The lowest BCUT2D eigenvalue weighted by Gasteiger charge is -2.23. The molecular weight excluding hydrogens is 258 g/mol. The fourth-order valence-electron chi connectivity index (χ4n) is 2.59. The third-order valence-electron chi connectivity index (χ3n) is 4.02. The minimum absolute atomic E-state index is 0.0136. The Morgan fingerprint density at radius 3 is 2.65 bits per heavy atom. The quantitative estimate of drug-likeness (QED) is 0.715. The van der Waals surface area contributed by atoms with Crippen molar-refractivity contribution in [3.05, 3.63) is 0 Å². The molecule has 0 aromatic carbocycles. The van der Waals surface area contributed by atoms with Crippen LogP contribution in [0.5, 0.6) is 0 Å². The molecule has 1 heterocycles. The maximum absolute atomic E-state index is 11.9. The van der Waals surface area contributed by atoms with Crippen molar-refractivity contribution in [1.29, 1.82) is 0 Å². The van der Waals surface area contributed by atoms with Gasteiger partial charge in [-0.2, -0.15) is 0 Å². The maximum atomic E-state index is 11.9. The highest BCUT2D eigenvalue weighted by Crippen LogP contribution is 2.21. The molecule has 5 heteroatoms. The molecule has 0 radical (unpaired) electrons. The minimum Gasteiger partial charge on any atom is -0.481 e. The Morgan fingerprint density at radius 2 is 2.10 bits per heavy atom. The Morgan fingerprint density at radius 1 is 1.35 bits per heavy atom. The zero-order chi connectivity index (χ0) is 15.0. The van der Waals surface area contributed by atoms with Gasteiger partial charge in [-0.05, 0) is 37.5 Å². The van der Waals surface area contributed by atoms with Crippen LogP contribution in [0.15, 0.2) is 0 Å². The summed E-state index contributed by atoms with van der Waals surface area (Å²) in [5.41, 5.74) is 0. The van der Waals surface area contributed by atoms with Crippen LogP contribution in [-0.2, 0) is 14.3 Å². The number of carbonyl (C=O) groups excluding carboxylic acids is 1. The van der Waals surface area contributed by atoms with Crippen molar-refractivity contribution in [2.75, 3.05) is 19.8 Å². The molecule has 2 unspecified atom stereocenters. The second-order valence-corrected chi connectivity index (χ2v) is 5.93. The lowest BCUT2D eigenvalue weighted by molar-refractivity contribution is -0.137. The molecule has 0 aliphatic carbocycles. The molecule has 2 N–H and O–H groups in total. The van der Waals surface area contributed by atoms with E-state index in [-0.39, 0.29) is 18.2 Å². The molecule has 1 amide bonds. The van der Waals surface area contributed by atoms with Crippen molar-refractivity contribution in [3.8, 4) is 0 Å². The van der Waals surface area contributed by atoms with Crippen molar-refractivity contribution in [3.63, 3.8) is 0 Å². The first-order valence-corrected chi connectivity index (χ1v) is 7.58. The lowest BCUT2D eigenvalue weighted by atomic mass is 9.88. The van der Waals surface area contributed by atoms with Gasteiger partial charge in [0, 0.05) is 19.6 Å². The number of hydrogen-bond donors (Lipinski definition) is 2. The van der Waals surface area contributed by atoms with Crippen molar-refractivity contribution in [2.24, 2.45) is 17.8 Å². The van der Waals surface area contributed by atoms with Crippen LogP contribution in [-0.4, -0.2) is 36.7 Å².